The lowest BCUT2D eigenvalue weighted by Crippen LogP contribution is -2.62. The van der Waals surface area contributed by atoms with Crippen molar-refractivity contribution in [3.8, 4) is 0 Å². The van der Waals surface area contributed by atoms with Crippen molar-refractivity contribution in [1.82, 2.24) is 0 Å². The van der Waals surface area contributed by atoms with Gasteiger partial charge < -0.3 is 23.7 Å². The molecule has 1 saturated carbocycles. The van der Waals surface area contributed by atoms with Gasteiger partial charge in [0.05, 0.1) is 5.41 Å². The molecule has 39 heavy (non-hydrogen) atoms. The van der Waals surface area contributed by atoms with E-state index in [1.54, 1.807) is 13.0 Å². The number of hydrogen-bond donors (Lipinski definition) is 0. The first-order valence-corrected chi connectivity index (χ1v) is 13.0. The molecule has 0 radical (unpaired) electrons. The number of ether oxygens (including phenoxy) is 5. The van der Waals surface area contributed by atoms with Crippen molar-refractivity contribution in [3.63, 3.8) is 0 Å². The average molecular weight is 547 g/mol. The lowest BCUT2D eigenvalue weighted by atomic mass is 9.41. The van der Waals surface area contributed by atoms with Crippen LogP contribution >= 0.6 is 0 Å². The maximum Gasteiger partial charge on any atom is 0.337 e. The number of allylic oxidation sites excluding steroid dienone is 2. The van der Waals surface area contributed by atoms with Gasteiger partial charge in [-0.2, -0.15) is 0 Å². The highest BCUT2D eigenvalue weighted by molar-refractivity contribution is 6.01. The van der Waals surface area contributed by atoms with E-state index in [1.165, 1.54) is 27.7 Å². The lowest BCUT2D eigenvalue weighted by Gasteiger charge is -2.62. The predicted octanol–water partition coefficient (Wildman–Crippen LogP) is 2.70. The maximum absolute atomic E-state index is 13.7. The Hall–Kier alpha value is -3.50. The van der Waals surface area contributed by atoms with Crippen LogP contribution in [-0.2, 0) is 52.5 Å². The van der Waals surface area contributed by atoms with Gasteiger partial charge in [0.15, 0.2) is 5.76 Å². The Morgan fingerprint density at radius 2 is 1.54 bits per heavy atom. The van der Waals surface area contributed by atoms with Crippen LogP contribution in [0.2, 0.25) is 0 Å². The summed E-state index contributed by atoms with van der Waals surface area (Å²) in [6.45, 7) is 8.27. The standard InChI is InChI=1S/C28H34O11/c1-14(29)35-12-27(6)20-9-10-28(13-36-15(2)30)21(26(20,5)11-19(23(27)33)37-16(3)31)8-7-18-22(28)25(38-17(4)32)39-24(18)34/h11,20-21,25H,7-10,12-13H2,1-6H3/t20-,21-,25+,26+,27-,28+/m1/s1. The van der Waals surface area contributed by atoms with Crippen molar-refractivity contribution in [3.05, 3.63) is 23.0 Å². The van der Waals surface area contributed by atoms with Gasteiger partial charge in [-0.05, 0) is 55.9 Å². The normalized spacial score (nSPS) is 35.0. The van der Waals surface area contributed by atoms with Crippen LogP contribution in [0.25, 0.3) is 0 Å². The van der Waals surface area contributed by atoms with E-state index < -0.39 is 58.2 Å². The van der Waals surface area contributed by atoms with Gasteiger partial charge in [0, 0.05) is 44.3 Å². The van der Waals surface area contributed by atoms with Crippen LogP contribution in [0.1, 0.15) is 67.2 Å². The molecule has 1 aliphatic heterocycles. The topological polar surface area (TPSA) is 149 Å². The summed E-state index contributed by atoms with van der Waals surface area (Å²) < 4.78 is 27.2. The summed E-state index contributed by atoms with van der Waals surface area (Å²) in [5, 5.41) is 0. The van der Waals surface area contributed by atoms with Crippen LogP contribution < -0.4 is 0 Å². The average Bonchev–Trinajstić information content (AvgIpc) is 3.14. The minimum atomic E-state index is -1.27. The largest absolute Gasteiger partial charge is 0.465 e. The molecule has 0 bridgehead atoms. The molecular formula is C28H34O11. The van der Waals surface area contributed by atoms with Crippen LogP contribution in [0.3, 0.4) is 0 Å². The molecule has 212 valence electrons. The third kappa shape index (κ3) is 4.65. The van der Waals surface area contributed by atoms with Crippen molar-refractivity contribution in [1.29, 1.82) is 0 Å². The molecule has 0 aromatic heterocycles. The Kier molecular flexibility index (Phi) is 7.24. The van der Waals surface area contributed by atoms with Gasteiger partial charge >= 0.3 is 29.8 Å². The van der Waals surface area contributed by atoms with Gasteiger partial charge in [-0.25, -0.2) is 4.79 Å². The van der Waals surface area contributed by atoms with E-state index in [1.807, 2.05) is 6.92 Å². The zero-order chi connectivity index (χ0) is 28.9. The Balaban J connectivity index is 1.91. The van der Waals surface area contributed by atoms with Crippen molar-refractivity contribution in [2.45, 2.75) is 73.5 Å². The molecule has 11 heteroatoms. The summed E-state index contributed by atoms with van der Waals surface area (Å²) in [5.74, 6) is -4.27. The monoisotopic (exact) mass is 546 g/mol. The van der Waals surface area contributed by atoms with Crippen molar-refractivity contribution >= 4 is 35.6 Å². The molecule has 4 aliphatic rings. The lowest BCUT2D eigenvalue weighted by molar-refractivity contribution is -0.183. The summed E-state index contributed by atoms with van der Waals surface area (Å²) in [5.41, 5.74) is -2.18. The molecular weight excluding hydrogens is 512 g/mol. The van der Waals surface area contributed by atoms with E-state index in [9.17, 15) is 28.8 Å². The molecule has 0 N–H and O–H groups in total. The van der Waals surface area contributed by atoms with E-state index in [0.29, 0.717) is 36.8 Å². The molecule has 1 fully saturated rings. The van der Waals surface area contributed by atoms with Crippen LogP contribution in [0.15, 0.2) is 23.0 Å². The third-order valence-electron chi connectivity index (χ3n) is 8.88. The molecule has 1 heterocycles. The second-order valence-electron chi connectivity index (χ2n) is 11.4. The number of hydrogen-bond acceptors (Lipinski definition) is 11. The Morgan fingerprint density at radius 3 is 2.13 bits per heavy atom. The Labute approximate surface area is 226 Å². The molecule has 11 nitrogen and oxygen atoms in total. The second kappa shape index (κ2) is 9.91. The van der Waals surface area contributed by atoms with E-state index in [2.05, 4.69) is 0 Å². The van der Waals surface area contributed by atoms with Crippen molar-refractivity contribution in [2.24, 2.45) is 28.1 Å². The van der Waals surface area contributed by atoms with E-state index >= 15 is 0 Å². The number of carbonyl (C=O) groups excluding carboxylic acids is 6. The van der Waals surface area contributed by atoms with Crippen LogP contribution in [-0.4, -0.2) is 55.1 Å². The van der Waals surface area contributed by atoms with Crippen molar-refractivity contribution < 1.29 is 52.5 Å². The fourth-order valence-electron chi connectivity index (χ4n) is 7.53. The third-order valence-corrected chi connectivity index (χ3v) is 8.88. The van der Waals surface area contributed by atoms with Crippen LogP contribution in [0.4, 0.5) is 0 Å². The number of ketones is 1. The molecule has 0 amide bonds. The quantitative estimate of drug-likeness (QED) is 0.357. The fourth-order valence-corrected chi connectivity index (χ4v) is 7.53. The highest BCUT2D eigenvalue weighted by Crippen LogP contribution is 2.68. The molecule has 0 saturated heterocycles. The Morgan fingerprint density at radius 1 is 0.897 bits per heavy atom. The Bertz CT molecular complexity index is 1210. The zero-order valence-electron chi connectivity index (χ0n) is 23.0. The number of carbonyl (C=O) groups is 6. The minimum Gasteiger partial charge on any atom is -0.465 e. The smallest absolute Gasteiger partial charge is 0.337 e. The summed E-state index contributed by atoms with van der Waals surface area (Å²) in [4.78, 5) is 74.3. The first kappa shape index (κ1) is 28.5. The van der Waals surface area contributed by atoms with Gasteiger partial charge in [-0.1, -0.05) is 6.92 Å². The van der Waals surface area contributed by atoms with Gasteiger partial charge in [0.1, 0.15) is 13.2 Å². The number of rotatable bonds is 6. The first-order valence-electron chi connectivity index (χ1n) is 13.0. The zero-order valence-corrected chi connectivity index (χ0v) is 23.0. The number of Topliss-reactive ketones (excluding diaryl/α,β-unsaturated/α-hetero) is 1. The highest BCUT2D eigenvalue weighted by atomic mass is 16.7. The molecule has 0 aromatic carbocycles. The van der Waals surface area contributed by atoms with E-state index in [-0.39, 0.29) is 30.8 Å². The van der Waals surface area contributed by atoms with Crippen LogP contribution in [0, 0.1) is 28.1 Å². The molecule has 3 aliphatic carbocycles. The summed E-state index contributed by atoms with van der Waals surface area (Å²) in [6, 6.07) is 0. The number of fused-ring (bicyclic) bond motifs is 4. The van der Waals surface area contributed by atoms with Gasteiger partial charge in [-0.15, -0.1) is 0 Å². The fraction of sp³-hybridized carbons (Fsp3) is 0.643. The maximum atomic E-state index is 13.7. The van der Waals surface area contributed by atoms with Crippen molar-refractivity contribution in [2.75, 3.05) is 13.2 Å². The summed E-state index contributed by atoms with van der Waals surface area (Å²) >= 11 is 0. The molecule has 6 atom stereocenters. The molecule has 4 rings (SSSR count). The first-order chi connectivity index (χ1) is 18.2. The van der Waals surface area contributed by atoms with Gasteiger partial charge in [-0.3, -0.25) is 24.0 Å². The van der Waals surface area contributed by atoms with Gasteiger partial charge in [0.25, 0.3) is 6.29 Å². The van der Waals surface area contributed by atoms with Crippen LogP contribution in [0.5, 0.6) is 0 Å². The van der Waals surface area contributed by atoms with Gasteiger partial charge in [0.2, 0.25) is 5.78 Å². The SMILES string of the molecule is CC(=O)OC[C@@]12CC[C@@H]3[C@](C)(C=C(OC(C)=O)C(=O)[C@]3(C)COC(C)=O)[C@H]1CCC1=C2[C@@H](OC(C)=O)OC1=O. The summed E-state index contributed by atoms with van der Waals surface area (Å²) in [6.07, 6.45) is 1.94. The highest BCUT2D eigenvalue weighted by Gasteiger charge is 2.68. The van der Waals surface area contributed by atoms with E-state index in [4.69, 9.17) is 23.7 Å². The van der Waals surface area contributed by atoms with E-state index in [0.717, 1.165) is 0 Å². The minimum absolute atomic E-state index is 0.103. The summed E-state index contributed by atoms with van der Waals surface area (Å²) in [7, 11) is 0. The number of cyclic esters (lactones) is 1. The second-order valence-corrected chi connectivity index (χ2v) is 11.4. The molecule has 0 unspecified atom stereocenters. The number of esters is 5. The molecule has 0 spiro atoms. The molecule has 0 aromatic rings. The predicted molar refractivity (Wildman–Crippen MR) is 131 cm³/mol.